The van der Waals surface area contributed by atoms with Crippen LogP contribution in [0.2, 0.25) is 0 Å². The number of alkyl halides is 3. The maximum atomic E-state index is 13.0. The second-order valence-corrected chi connectivity index (χ2v) is 5.48. The molecule has 2 amide bonds. The Morgan fingerprint density at radius 3 is 2.20 bits per heavy atom. The quantitative estimate of drug-likeness (QED) is 0.919. The van der Waals surface area contributed by atoms with Gasteiger partial charge < -0.3 is 10.2 Å². The number of hydrogen-bond donors (Lipinski definition) is 1. The number of rotatable bonds is 4. The lowest BCUT2D eigenvalue weighted by molar-refractivity contribution is -0.138. The lowest BCUT2D eigenvalue weighted by Crippen LogP contribution is -2.28. The Balaban J connectivity index is 2.18. The van der Waals surface area contributed by atoms with E-state index in [4.69, 9.17) is 0 Å². The molecule has 0 saturated carbocycles. The Morgan fingerprint density at radius 1 is 1.04 bits per heavy atom. The molecule has 0 aliphatic heterocycles. The summed E-state index contributed by atoms with van der Waals surface area (Å²) in [4.78, 5) is 25.1. The van der Waals surface area contributed by atoms with Crippen molar-refractivity contribution in [3.8, 4) is 0 Å². The van der Waals surface area contributed by atoms with E-state index >= 15 is 0 Å². The molecule has 4 nitrogen and oxygen atoms in total. The van der Waals surface area contributed by atoms with E-state index in [0.29, 0.717) is 11.1 Å². The van der Waals surface area contributed by atoms with E-state index in [-0.39, 0.29) is 18.0 Å². The van der Waals surface area contributed by atoms with E-state index in [9.17, 15) is 22.8 Å². The molecule has 0 atom stereocenters. The van der Waals surface area contributed by atoms with Crippen LogP contribution in [0, 0.1) is 0 Å². The molecular formula is C18H17F3N2O2. The van der Waals surface area contributed by atoms with Gasteiger partial charge in [-0.2, -0.15) is 13.2 Å². The lowest BCUT2D eigenvalue weighted by atomic mass is 10.1. The maximum absolute atomic E-state index is 13.0. The number of carbonyl (C=O) groups is 2. The van der Waals surface area contributed by atoms with Gasteiger partial charge in [0, 0.05) is 26.2 Å². The predicted molar refractivity (Wildman–Crippen MR) is 87.1 cm³/mol. The summed E-state index contributed by atoms with van der Waals surface area (Å²) in [5.41, 5.74) is -0.183. The van der Waals surface area contributed by atoms with Crippen molar-refractivity contribution in [3.05, 3.63) is 70.8 Å². The monoisotopic (exact) mass is 350 g/mol. The van der Waals surface area contributed by atoms with E-state index < -0.39 is 17.6 Å². The van der Waals surface area contributed by atoms with Gasteiger partial charge in [0.15, 0.2) is 0 Å². The fourth-order valence-electron chi connectivity index (χ4n) is 2.37. The molecule has 0 bridgehead atoms. The molecule has 0 saturated heterocycles. The summed E-state index contributed by atoms with van der Waals surface area (Å²) >= 11 is 0. The minimum Gasteiger partial charge on any atom is -0.355 e. The molecule has 2 rings (SSSR count). The van der Waals surface area contributed by atoms with Crippen LogP contribution in [0.4, 0.5) is 13.2 Å². The van der Waals surface area contributed by atoms with Crippen LogP contribution in [0.3, 0.4) is 0 Å². The van der Waals surface area contributed by atoms with Gasteiger partial charge in [0.05, 0.1) is 11.1 Å². The molecule has 0 aromatic heterocycles. The molecule has 7 heteroatoms. The topological polar surface area (TPSA) is 49.4 Å². The average molecular weight is 350 g/mol. The molecule has 25 heavy (non-hydrogen) atoms. The van der Waals surface area contributed by atoms with Crippen molar-refractivity contribution in [2.24, 2.45) is 0 Å². The summed E-state index contributed by atoms with van der Waals surface area (Å²) in [5.74, 6) is -0.960. The van der Waals surface area contributed by atoms with Crippen molar-refractivity contribution in [2.45, 2.75) is 12.7 Å². The molecule has 0 fully saturated rings. The summed E-state index contributed by atoms with van der Waals surface area (Å²) in [7, 11) is 2.95. The number of amides is 2. The van der Waals surface area contributed by atoms with Crippen LogP contribution >= 0.6 is 0 Å². The van der Waals surface area contributed by atoms with E-state index in [1.165, 1.54) is 31.1 Å². The van der Waals surface area contributed by atoms with Crippen LogP contribution < -0.4 is 5.32 Å². The first-order valence-electron chi connectivity index (χ1n) is 7.46. The number of benzene rings is 2. The summed E-state index contributed by atoms with van der Waals surface area (Å²) in [6.07, 6.45) is -4.59. The highest BCUT2D eigenvalue weighted by atomic mass is 19.4. The Hall–Kier alpha value is -2.83. The van der Waals surface area contributed by atoms with Gasteiger partial charge in [-0.3, -0.25) is 9.59 Å². The maximum Gasteiger partial charge on any atom is 0.417 e. The molecule has 132 valence electrons. The second-order valence-electron chi connectivity index (χ2n) is 5.48. The molecule has 1 N–H and O–H groups in total. The van der Waals surface area contributed by atoms with Crippen molar-refractivity contribution in [1.29, 1.82) is 0 Å². The highest BCUT2D eigenvalue weighted by Gasteiger charge is 2.35. The molecule has 0 spiro atoms. The van der Waals surface area contributed by atoms with Crippen LogP contribution in [0.1, 0.15) is 31.8 Å². The smallest absolute Gasteiger partial charge is 0.355 e. The highest BCUT2D eigenvalue weighted by Crippen LogP contribution is 2.32. The molecule has 2 aromatic rings. The van der Waals surface area contributed by atoms with Gasteiger partial charge in [-0.05, 0) is 29.8 Å². The Bertz CT molecular complexity index is 771. The van der Waals surface area contributed by atoms with Gasteiger partial charge >= 0.3 is 6.18 Å². The molecule has 0 aliphatic carbocycles. The molecular weight excluding hydrogens is 333 g/mol. The first-order valence-corrected chi connectivity index (χ1v) is 7.46. The SMILES string of the molecule is CNC(=O)c1ccc(CN(C)C(=O)c2ccccc2C(F)(F)F)cc1. The van der Waals surface area contributed by atoms with Gasteiger partial charge in [0.25, 0.3) is 11.8 Å². The molecule has 0 heterocycles. The van der Waals surface area contributed by atoms with Crippen molar-refractivity contribution in [1.82, 2.24) is 10.2 Å². The summed E-state index contributed by atoms with van der Waals surface area (Å²) < 4.78 is 39.1. The van der Waals surface area contributed by atoms with E-state index in [1.807, 2.05) is 0 Å². The Labute approximate surface area is 143 Å². The first kappa shape index (κ1) is 18.5. The van der Waals surface area contributed by atoms with Gasteiger partial charge in [-0.25, -0.2) is 0 Å². The normalized spacial score (nSPS) is 11.1. The molecule has 0 unspecified atom stereocenters. The molecule has 2 aromatic carbocycles. The third kappa shape index (κ3) is 4.37. The van der Waals surface area contributed by atoms with E-state index in [1.54, 1.807) is 24.3 Å². The minimum atomic E-state index is -4.59. The molecule has 0 aliphatic rings. The van der Waals surface area contributed by atoms with Crippen molar-refractivity contribution >= 4 is 11.8 Å². The van der Waals surface area contributed by atoms with Gasteiger partial charge in [-0.15, -0.1) is 0 Å². The van der Waals surface area contributed by atoms with E-state index in [2.05, 4.69) is 5.32 Å². The van der Waals surface area contributed by atoms with Gasteiger partial charge in [-0.1, -0.05) is 24.3 Å². The van der Waals surface area contributed by atoms with Crippen LogP contribution in [0.15, 0.2) is 48.5 Å². The summed E-state index contributed by atoms with van der Waals surface area (Å²) in [6, 6.07) is 11.2. The third-order valence-electron chi connectivity index (χ3n) is 3.67. The van der Waals surface area contributed by atoms with Crippen LogP contribution in [0.25, 0.3) is 0 Å². The summed E-state index contributed by atoms with van der Waals surface area (Å²) in [6.45, 7) is 0.124. The fraction of sp³-hybridized carbons (Fsp3) is 0.222. The van der Waals surface area contributed by atoms with Crippen molar-refractivity contribution in [2.75, 3.05) is 14.1 Å². The predicted octanol–water partition coefficient (Wildman–Crippen LogP) is 3.34. The number of nitrogens with zero attached hydrogens (tertiary/aromatic N) is 1. The number of hydrogen-bond acceptors (Lipinski definition) is 2. The zero-order chi connectivity index (χ0) is 18.6. The van der Waals surface area contributed by atoms with Crippen LogP contribution in [0.5, 0.6) is 0 Å². The van der Waals surface area contributed by atoms with Crippen molar-refractivity contribution in [3.63, 3.8) is 0 Å². The number of carbonyl (C=O) groups excluding carboxylic acids is 2. The highest BCUT2D eigenvalue weighted by molar-refractivity contribution is 5.96. The second kappa shape index (κ2) is 7.38. The average Bonchev–Trinajstić information content (AvgIpc) is 2.60. The summed E-state index contributed by atoms with van der Waals surface area (Å²) in [5, 5.41) is 2.49. The first-order chi connectivity index (χ1) is 11.7. The zero-order valence-electron chi connectivity index (χ0n) is 13.7. The molecule has 0 radical (unpaired) electrons. The van der Waals surface area contributed by atoms with Crippen LogP contribution in [-0.2, 0) is 12.7 Å². The number of halogens is 3. The minimum absolute atomic E-state index is 0.124. The number of nitrogens with one attached hydrogen (secondary N) is 1. The fourth-order valence-corrected chi connectivity index (χ4v) is 2.37. The van der Waals surface area contributed by atoms with Gasteiger partial charge in [0.1, 0.15) is 0 Å². The van der Waals surface area contributed by atoms with Crippen molar-refractivity contribution < 1.29 is 22.8 Å². The zero-order valence-corrected chi connectivity index (χ0v) is 13.7. The Morgan fingerprint density at radius 2 is 1.64 bits per heavy atom. The third-order valence-corrected chi connectivity index (χ3v) is 3.67. The lowest BCUT2D eigenvalue weighted by Gasteiger charge is -2.20. The standard InChI is InChI=1S/C18H17F3N2O2/c1-22-16(24)13-9-7-12(8-10-13)11-23(2)17(25)14-5-3-4-6-15(14)18(19,20)21/h3-10H,11H2,1-2H3,(H,22,24). The van der Waals surface area contributed by atoms with E-state index in [0.717, 1.165) is 12.1 Å². The Kier molecular flexibility index (Phi) is 5.46. The van der Waals surface area contributed by atoms with Gasteiger partial charge in [0.2, 0.25) is 0 Å². The van der Waals surface area contributed by atoms with Crippen LogP contribution in [-0.4, -0.2) is 30.8 Å². The largest absolute Gasteiger partial charge is 0.417 e.